The predicted molar refractivity (Wildman–Crippen MR) is 52.8 cm³/mol. The normalized spacial score (nSPS) is 10.0. The maximum Gasteiger partial charge on any atom is 0.356 e. The topological polar surface area (TPSA) is 101 Å². The van der Waals surface area contributed by atoms with Gasteiger partial charge in [-0.05, 0) is 0 Å². The number of nitrogens with zero attached hydrogens (tertiary/aromatic N) is 3. The summed E-state index contributed by atoms with van der Waals surface area (Å²) < 4.78 is 4.65. The Morgan fingerprint density at radius 3 is 2.88 bits per heavy atom. The highest BCUT2D eigenvalue weighted by Gasteiger charge is 2.04. The van der Waals surface area contributed by atoms with E-state index in [9.17, 15) is 4.79 Å². The number of carbonyl (C=O) groups is 1. The second kappa shape index (κ2) is 4.39. The molecule has 0 saturated carbocycles. The molecule has 2 rings (SSSR count). The van der Waals surface area contributed by atoms with Crippen LogP contribution in [0.3, 0.4) is 0 Å². The Kier molecular flexibility index (Phi) is 2.77. The lowest BCUT2D eigenvalue weighted by atomic mass is 10.4. The van der Waals surface area contributed by atoms with Gasteiger partial charge in [0.25, 0.3) is 0 Å². The summed E-state index contributed by atoms with van der Waals surface area (Å²) in [5, 5.41) is 15.2. The predicted octanol–water partition coefficient (Wildman–Crippen LogP) is 0.775. The summed E-state index contributed by atoms with van der Waals surface area (Å²) in [6.45, 7) is 0.442. The van der Waals surface area contributed by atoms with Gasteiger partial charge in [-0.3, -0.25) is 0 Å². The molecule has 2 N–H and O–H groups in total. The van der Waals surface area contributed by atoms with Gasteiger partial charge in [-0.25, -0.2) is 14.8 Å². The second-order valence-electron chi connectivity index (χ2n) is 2.94. The van der Waals surface area contributed by atoms with Crippen LogP contribution in [0.5, 0.6) is 0 Å². The molecule has 2 heterocycles. The summed E-state index contributed by atoms with van der Waals surface area (Å²) in [6, 6.07) is 1.71. The van der Waals surface area contributed by atoms with Crippen LogP contribution in [0.15, 0.2) is 29.2 Å². The highest BCUT2D eigenvalue weighted by molar-refractivity contribution is 5.84. The molecule has 0 unspecified atom stereocenters. The minimum atomic E-state index is -1.10. The first-order chi connectivity index (χ1) is 7.75. The van der Waals surface area contributed by atoms with Crippen molar-refractivity contribution < 1.29 is 14.4 Å². The standard InChI is InChI=1S/C9H8N4O3/c14-9(15)7-4-12-8(5-10-7)11-3-6-1-2-16-13-6/h1-2,4-5H,3H2,(H,11,12)(H,14,15). The molecule has 2 aromatic heterocycles. The molecular formula is C9H8N4O3. The van der Waals surface area contributed by atoms with Gasteiger partial charge < -0.3 is 14.9 Å². The molecule has 0 aliphatic heterocycles. The lowest BCUT2D eigenvalue weighted by molar-refractivity contribution is 0.0690. The van der Waals surface area contributed by atoms with Crippen molar-refractivity contribution in [2.24, 2.45) is 0 Å². The number of hydrogen-bond donors (Lipinski definition) is 2. The molecule has 16 heavy (non-hydrogen) atoms. The van der Waals surface area contributed by atoms with E-state index in [1.165, 1.54) is 18.7 Å². The van der Waals surface area contributed by atoms with E-state index in [0.29, 0.717) is 12.4 Å². The largest absolute Gasteiger partial charge is 0.476 e. The molecule has 2 aromatic rings. The number of nitrogens with one attached hydrogen (secondary N) is 1. The summed E-state index contributed by atoms with van der Waals surface area (Å²) in [7, 11) is 0. The number of hydrogen-bond acceptors (Lipinski definition) is 6. The first-order valence-electron chi connectivity index (χ1n) is 4.44. The first-order valence-corrected chi connectivity index (χ1v) is 4.44. The highest BCUT2D eigenvalue weighted by Crippen LogP contribution is 2.03. The summed E-state index contributed by atoms with van der Waals surface area (Å²) in [5.41, 5.74) is 0.635. The molecular weight excluding hydrogens is 212 g/mol. The maximum atomic E-state index is 10.5. The zero-order valence-corrected chi connectivity index (χ0v) is 8.12. The molecule has 0 radical (unpaired) electrons. The van der Waals surface area contributed by atoms with E-state index < -0.39 is 5.97 Å². The Morgan fingerprint density at radius 2 is 2.31 bits per heavy atom. The van der Waals surface area contributed by atoms with E-state index in [2.05, 4.69) is 25.0 Å². The van der Waals surface area contributed by atoms with Gasteiger partial charge in [0.05, 0.1) is 18.9 Å². The molecule has 0 fully saturated rings. The maximum absolute atomic E-state index is 10.5. The Balaban J connectivity index is 1.98. The second-order valence-corrected chi connectivity index (χ2v) is 2.94. The van der Waals surface area contributed by atoms with Crippen LogP contribution in [0.25, 0.3) is 0 Å². The molecule has 0 bridgehead atoms. The molecule has 0 atom stereocenters. The van der Waals surface area contributed by atoms with E-state index in [1.807, 2.05) is 0 Å². The lowest BCUT2D eigenvalue weighted by Gasteiger charge is -2.01. The molecule has 0 amide bonds. The quantitative estimate of drug-likeness (QED) is 0.784. The van der Waals surface area contributed by atoms with Crippen molar-refractivity contribution in [1.29, 1.82) is 0 Å². The zero-order valence-electron chi connectivity index (χ0n) is 8.12. The summed E-state index contributed by atoms with van der Waals surface area (Å²) in [4.78, 5) is 18.1. The monoisotopic (exact) mass is 220 g/mol. The van der Waals surface area contributed by atoms with Gasteiger partial charge in [0.1, 0.15) is 17.8 Å². The van der Waals surface area contributed by atoms with Crippen LogP contribution < -0.4 is 5.32 Å². The van der Waals surface area contributed by atoms with Crippen LogP contribution in [0.1, 0.15) is 16.2 Å². The van der Waals surface area contributed by atoms with Crippen LogP contribution in [-0.2, 0) is 6.54 Å². The molecule has 0 aliphatic rings. The molecule has 0 aliphatic carbocycles. The third-order valence-corrected chi connectivity index (χ3v) is 1.81. The minimum Gasteiger partial charge on any atom is -0.476 e. The van der Waals surface area contributed by atoms with Crippen LogP contribution in [0, 0.1) is 0 Å². The van der Waals surface area contributed by atoms with Crippen LogP contribution in [0.2, 0.25) is 0 Å². The fourth-order valence-corrected chi connectivity index (χ4v) is 1.04. The highest BCUT2D eigenvalue weighted by atomic mass is 16.5. The number of rotatable bonds is 4. The number of carboxylic acids is 1. The molecule has 0 saturated heterocycles. The van der Waals surface area contributed by atoms with Crippen molar-refractivity contribution in [3.63, 3.8) is 0 Å². The van der Waals surface area contributed by atoms with Gasteiger partial charge in [-0.15, -0.1) is 0 Å². The lowest BCUT2D eigenvalue weighted by Crippen LogP contribution is -2.05. The minimum absolute atomic E-state index is 0.0908. The number of carboxylic acid groups (broad SMARTS) is 1. The third-order valence-electron chi connectivity index (χ3n) is 1.81. The van der Waals surface area contributed by atoms with Crippen molar-refractivity contribution in [2.75, 3.05) is 5.32 Å². The number of aromatic nitrogens is 3. The Morgan fingerprint density at radius 1 is 1.44 bits per heavy atom. The Hall–Kier alpha value is -2.44. The Labute approximate surface area is 90.1 Å². The van der Waals surface area contributed by atoms with Crippen LogP contribution >= 0.6 is 0 Å². The number of aromatic carboxylic acids is 1. The van der Waals surface area contributed by atoms with Crippen molar-refractivity contribution in [3.8, 4) is 0 Å². The van der Waals surface area contributed by atoms with E-state index in [0.717, 1.165) is 5.69 Å². The van der Waals surface area contributed by atoms with Crippen LogP contribution in [0.4, 0.5) is 5.82 Å². The summed E-state index contributed by atoms with van der Waals surface area (Å²) >= 11 is 0. The smallest absolute Gasteiger partial charge is 0.356 e. The summed E-state index contributed by atoms with van der Waals surface area (Å²) in [6.07, 6.45) is 4.01. The molecule has 7 nitrogen and oxygen atoms in total. The van der Waals surface area contributed by atoms with E-state index in [4.69, 9.17) is 5.11 Å². The average molecular weight is 220 g/mol. The van der Waals surface area contributed by atoms with Crippen molar-refractivity contribution >= 4 is 11.8 Å². The van der Waals surface area contributed by atoms with Gasteiger partial charge in [0.2, 0.25) is 0 Å². The van der Waals surface area contributed by atoms with E-state index >= 15 is 0 Å². The molecule has 0 spiro atoms. The van der Waals surface area contributed by atoms with Crippen LogP contribution in [-0.4, -0.2) is 26.2 Å². The van der Waals surface area contributed by atoms with Crippen molar-refractivity contribution in [3.05, 3.63) is 36.1 Å². The van der Waals surface area contributed by atoms with Gasteiger partial charge in [-0.1, -0.05) is 5.16 Å². The number of anilines is 1. The molecule has 7 heteroatoms. The fourth-order valence-electron chi connectivity index (χ4n) is 1.04. The molecule has 0 aromatic carbocycles. The van der Waals surface area contributed by atoms with Crippen molar-refractivity contribution in [2.45, 2.75) is 6.54 Å². The average Bonchev–Trinajstić information content (AvgIpc) is 2.80. The molecule has 82 valence electrons. The summed E-state index contributed by atoms with van der Waals surface area (Å²) in [5.74, 6) is -0.622. The fraction of sp³-hybridized carbons (Fsp3) is 0.111. The third kappa shape index (κ3) is 2.32. The van der Waals surface area contributed by atoms with Gasteiger partial charge in [-0.2, -0.15) is 0 Å². The zero-order chi connectivity index (χ0) is 11.4. The van der Waals surface area contributed by atoms with E-state index in [1.54, 1.807) is 6.07 Å². The Bertz CT molecular complexity index is 466. The van der Waals surface area contributed by atoms with E-state index in [-0.39, 0.29) is 5.69 Å². The SMILES string of the molecule is O=C(O)c1cnc(NCc2ccon2)cn1. The van der Waals surface area contributed by atoms with Gasteiger partial charge >= 0.3 is 5.97 Å². The van der Waals surface area contributed by atoms with Gasteiger partial charge in [0, 0.05) is 6.07 Å². The van der Waals surface area contributed by atoms with Gasteiger partial charge in [0.15, 0.2) is 5.69 Å². The van der Waals surface area contributed by atoms with Crippen molar-refractivity contribution in [1.82, 2.24) is 15.1 Å². The first kappa shape index (κ1) is 10.1.